The Morgan fingerprint density at radius 1 is 1.26 bits per heavy atom. The molecule has 0 unspecified atom stereocenters. The number of anilines is 1. The second-order valence-corrected chi connectivity index (χ2v) is 6.50. The molecular formula is C17H18BrN3O2. The minimum absolute atomic E-state index is 0.0113. The summed E-state index contributed by atoms with van der Waals surface area (Å²) in [5, 5.41) is 12.9. The van der Waals surface area contributed by atoms with Crippen molar-refractivity contribution in [2.45, 2.75) is 18.9 Å². The summed E-state index contributed by atoms with van der Waals surface area (Å²) in [4.78, 5) is 18.9. The topological polar surface area (TPSA) is 65.5 Å². The Hall–Kier alpha value is -2.08. The van der Waals surface area contributed by atoms with Crippen LogP contribution in [0.4, 0.5) is 5.82 Å². The van der Waals surface area contributed by atoms with E-state index in [0.29, 0.717) is 5.56 Å². The van der Waals surface area contributed by atoms with Crippen molar-refractivity contribution in [1.29, 1.82) is 0 Å². The second kappa shape index (κ2) is 7.00. The van der Waals surface area contributed by atoms with Crippen LogP contribution in [0.25, 0.3) is 0 Å². The largest absolute Gasteiger partial charge is 0.507 e. The third kappa shape index (κ3) is 3.82. The third-order valence-electron chi connectivity index (χ3n) is 4.01. The van der Waals surface area contributed by atoms with E-state index in [0.717, 1.165) is 36.2 Å². The summed E-state index contributed by atoms with van der Waals surface area (Å²) in [6.45, 7) is 1.71. The molecule has 3 rings (SSSR count). The molecule has 5 nitrogen and oxygen atoms in total. The van der Waals surface area contributed by atoms with Crippen molar-refractivity contribution >= 4 is 27.7 Å². The SMILES string of the molecule is O=C(NC1CCN(c2ccccn2)CC1)c1ccc(Br)cc1O. The van der Waals surface area contributed by atoms with Crippen LogP contribution in [0.5, 0.6) is 5.75 Å². The number of phenolic OH excluding ortho intramolecular Hbond substituents is 1. The lowest BCUT2D eigenvalue weighted by molar-refractivity contribution is 0.0928. The average molecular weight is 376 g/mol. The second-order valence-electron chi connectivity index (χ2n) is 5.58. The van der Waals surface area contributed by atoms with Gasteiger partial charge in [0.2, 0.25) is 0 Å². The molecule has 0 bridgehead atoms. The van der Waals surface area contributed by atoms with Crippen molar-refractivity contribution in [3.05, 3.63) is 52.6 Å². The average Bonchev–Trinajstić information content (AvgIpc) is 2.56. The third-order valence-corrected chi connectivity index (χ3v) is 4.50. The number of benzene rings is 1. The van der Waals surface area contributed by atoms with Crippen LogP contribution in [0.3, 0.4) is 0 Å². The molecule has 0 aliphatic carbocycles. The predicted octanol–water partition coefficient (Wildman–Crippen LogP) is 2.95. The van der Waals surface area contributed by atoms with E-state index in [4.69, 9.17) is 0 Å². The first-order valence-corrected chi connectivity index (χ1v) is 8.38. The number of aromatic hydroxyl groups is 1. The van der Waals surface area contributed by atoms with E-state index in [1.165, 1.54) is 6.07 Å². The summed E-state index contributed by atoms with van der Waals surface area (Å²) in [5.74, 6) is 0.733. The van der Waals surface area contributed by atoms with E-state index in [1.54, 1.807) is 18.3 Å². The summed E-state index contributed by atoms with van der Waals surface area (Å²) in [7, 11) is 0. The van der Waals surface area contributed by atoms with Gasteiger partial charge in [0.15, 0.2) is 0 Å². The highest BCUT2D eigenvalue weighted by Crippen LogP contribution is 2.23. The van der Waals surface area contributed by atoms with Gasteiger partial charge in [0, 0.05) is 29.8 Å². The van der Waals surface area contributed by atoms with Crippen molar-refractivity contribution in [2.24, 2.45) is 0 Å². The van der Waals surface area contributed by atoms with Gasteiger partial charge in [-0.15, -0.1) is 0 Å². The molecule has 6 heteroatoms. The molecule has 1 fully saturated rings. The molecule has 0 saturated carbocycles. The van der Waals surface area contributed by atoms with Gasteiger partial charge in [0.05, 0.1) is 5.56 Å². The molecule has 1 aromatic carbocycles. The number of nitrogens with one attached hydrogen (secondary N) is 1. The van der Waals surface area contributed by atoms with Crippen molar-refractivity contribution in [1.82, 2.24) is 10.3 Å². The number of halogens is 1. The molecule has 1 aliphatic rings. The molecule has 120 valence electrons. The Labute approximate surface area is 143 Å². The number of aromatic nitrogens is 1. The Balaban J connectivity index is 1.57. The number of piperidine rings is 1. The highest BCUT2D eigenvalue weighted by molar-refractivity contribution is 9.10. The first kappa shape index (κ1) is 15.8. The number of pyridine rings is 1. The lowest BCUT2D eigenvalue weighted by Crippen LogP contribution is -2.45. The highest BCUT2D eigenvalue weighted by Gasteiger charge is 2.22. The van der Waals surface area contributed by atoms with Gasteiger partial charge in [-0.3, -0.25) is 4.79 Å². The number of amides is 1. The first-order chi connectivity index (χ1) is 11.1. The molecule has 2 heterocycles. The van der Waals surface area contributed by atoms with Crippen LogP contribution in [-0.4, -0.2) is 35.1 Å². The number of hydrogen-bond acceptors (Lipinski definition) is 4. The summed E-state index contributed by atoms with van der Waals surface area (Å²) >= 11 is 3.27. The van der Waals surface area contributed by atoms with Crippen LogP contribution in [0.15, 0.2) is 47.1 Å². The van der Waals surface area contributed by atoms with Crippen molar-refractivity contribution in [3.63, 3.8) is 0 Å². The van der Waals surface area contributed by atoms with Gasteiger partial charge < -0.3 is 15.3 Å². The Kier molecular flexibility index (Phi) is 4.81. The summed E-state index contributed by atoms with van der Waals surface area (Å²) < 4.78 is 0.746. The zero-order valence-corrected chi connectivity index (χ0v) is 14.2. The number of carbonyl (C=O) groups is 1. The minimum atomic E-state index is -0.230. The molecule has 23 heavy (non-hydrogen) atoms. The molecule has 1 amide bonds. The maximum Gasteiger partial charge on any atom is 0.255 e. The number of phenols is 1. The summed E-state index contributed by atoms with van der Waals surface area (Å²) in [6.07, 6.45) is 3.51. The maximum absolute atomic E-state index is 12.3. The molecule has 2 N–H and O–H groups in total. The molecule has 1 aliphatic heterocycles. The van der Waals surface area contributed by atoms with Crippen LogP contribution in [0.1, 0.15) is 23.2 Å². The maximum atomic E-state index is 12.3. The standard InChI is InChI=1S/C17H18BrN3O2/c18-12-4-5-14(15(22)11-12)17(23)20-13-6-9-21(10-7-13)16-3-1-2-8-19-16/h1-5,8,11,13,22H,6-7,9-10H2,(H,20,23). The molecule has 1 aromatic heterocycles. The van der Waals surface area contributed by atoms with E-state index >= 15 is 0 Å². The molecule has 0 atom stereocenters. The number of nitrogens with zero attached hydrogens (tertiary/aromatic N) is 2. The Morgan fingerprint density at radius 3 is 2.70 bits per heavy atom. The van der Waals surface area contributed by atoms with Gasteiger partial charge in [-0.1, -0.05) is 22.0 Å². The van der Waals surface area contributed by atoms with E-state index < -0.39 is 0 Å². The van der Waals surface area contributed by atoms with Crippen molar-refractivity contribution in [2.75, 3.05) is 18.0 Å². The first-order valence-electron chi connectivity index (χ1n) is 7.59. The van der Waals surface area contributed by atoms with Gasteiger partial charge in [-0.25, -0.2) is 4.98 Å². The van der Waals surface area contributed by atoms with Crippen LogP contribution >= 0.6 is 15.9 Å². The molecule has 0 radical (unpaired) electrons. The Morgan fingerprint density at radius 2 is 2.04 bits per heavy atom. The van der Waals surface area contributed by atoms with E-state index in [2.05, 4.69) is 31.1 Å². The monoisotopic (exact) mass is 375 g/mol. The number of carbonyl (C=O) groups excluding carboxylic acids is 1. The van der Waals surface area contributed by atoms with Gasteiger partial charge in [-0.05, 0) is 43.2 Å². The van der Waals surface area contributed by atoms with Crippen molar-refractivity contribution in [3.8, 4) is 5.75 Å². The van der Waals surface area contributed by atoms with Gasteiger partial charge in [0.25, 0.3) is 5.91 Å². The quantitative estimate of drug-likeness (QED) is 0.865. The fraction of sp³-hybridized carbons (Fsp3) is 0.294. The normalized spacial score (nSPS) is 15.4. The fourth-order valence-electron chi connectivity index (χ4n) is 2.75. The van der Waals surface area contributed by atoms with Crippen LogP contribution in [0.2, 0.25) is 0 Å². The molecule has 0 spiro atoms. The predicted molar refractivity (Wildman–Crippen MR) is 92.7 cm³/mol. The lowest BCUT2D eigenvalue weighted by Gasteiger charge is -2.33. The molecule has 2 aromatic rings. The molecule has 1 saturated heterocycles. The summed E-state index contributed by atoms with van der Waals surface area (Å²) in [6, 6.07) is 10.9. The molecular weight excluding hydrogens is 358 g/mol. The lowest BCUT2D eigenvalue weighted by atomic mass is 10.0. The number of rotatable bonds is 3. The van der Waals surface area contributed by atoms with Gasteiger partial charge in [-0.2, -0.15) is 0 Å². The highest BCUT2D eigenvalue weighted by atomic mass is 79.9. The Bertz CT molecular complexity index is 685. The van der Waals surface area contributed by atoms with Gasteiger partial charge >= 0.3 is 0 Å². The minimum Gasteiger partial charge on any atom is -0.507 e. The zero-order valence-electron chi connectivity index (χ0n) is 12.6. The smallest absolute Gasteiger partial charge is 0.255 e. The van der Waals surface area contributed by atoms with Gasteiger partial charge in [0.1, 0.15) is 11.6 Å². The fourth-order valence-corrected chi connectivity index (χ4v) is 3.10. The number of hydrogen-bond donors (Lipinski definition) is 2. The van der Waals surface area contributed by atoms with Crippen LogP contribution in [-0.2, 0) is 0 Å². The summed E-state index contributed by atoms with van der Waals surface area (Å²) in [5.41, 5.74) is 0.306. The van der Waals surface area contributed by atoms with E-state index in [1.807, 2.05) is 18.2 Å². The van der Waals surface area contributed by atoms with E-state index in [9.17, 15) is 9.90 Å². The van der Waals surface area contributed by atoms with Crippen LogP contribution in [0, 0.1) is 0 Å². The van der Waals surface area contributed by atoms with Crippen LogP contribution < -0.4 is 10.2 Å². The van der Waals surface area contributed by atoms with E-state index in [-0.39, 0.29) is 17.7 Å². The zero-order chi connectivity index (χ0) is 16.2. The van der Waals surface area contributed by atoms with Crippen molar-refractivity contribution < 1.29 is 9.90 Å².